The van der Waals surface area contributed by atoms with E-state index in [1.165, 1.54) is 23.8 Å². The Labute approximate surface area is 211 Å². The highest BCUT2D eigenvalue weighted by molar-refractivity contribution is 5.96. The highest BCUT2D eigenvalue weighted by atomic mass is 19.1. The third-order valence-electron chi connectivity index (χ3n) is 8.04. The van der Waals surface area contributed by atoms with Crippen LogP contribution in [0.5, 0.6) is 0 Å². The van der Waals surface area contributed by atoms with Crippen LogP contribution in [-0.2, 0) is 11.2 Å². The lowest BCUT2D eigenvalue weighted by atomic mass is 9.89. The van der Waals surface area contributed by atoms with Crippen LogP contribution < -0.4 is 9.80 Å². The minimum atomic E-state index is -0.251. The Balaban J connectivity index is 1.11. The number of benzene rings is 3. The summed E-state index contributed by atoms with van der Waals surface area (Å²) in [5.74, 6) is -0.0273. The molecule has 2 unspecified atom stereocenters. The molecule has 0 aliphatic carbocycles. The van der Waals surface area contributed by atoms with Crippen molar-refractivity contribution in [3.05, 3.63) is 89.5 Å². The zero-order valence-corrected chi connectivity index (χ0v) is 20.4. The molecule has 36 heavy (non-hydrogen) atoms. The quantitative estimate of drug-likeness (QED) is 0.397. The van der Waals surface area contributed by atoms with Gasteiger partial charge in [-0.1, -0.05) is 18.2 Å². The van der Waals surface area contributed by atoms with Gasteiger partial charge in [-0.25, -0.2) is 8.78 Å². The molecular weight excluding hydrogens is 456 g/mol. The number of likely N-dealkylation sites (tertiary alicyclic amines) is 1. The molecule has 0 bridgehead atoms. The van der Waals surface area contributed by atoms with E-state index in [2.05, 4.69) is 21.9 Å². The molecule has 2 atom stereocenters. The monoisotopic (exact) mass is 487 g/mol. The van der Waals surface area contributed by atoms with Crippen LogP contribution in [0.15, 0.2) is 66.7 Å². The van der Waals surface area contributed by atoms with Gasteiger partial charge in [0, 0.05) is 55.1 Å². The Kier molecular flexibility index (Phi) is 6.22. The maximum atomic E-state index is 14.2. The van der Waals surface area contributed by atoms with Crippen LogP contribution in [0.2, 0.25) is 0 Å². The topological polar surface area (TPSA) is 26.8 Å². The number of piperidine rings is 1. The minimum absolute atomic E-state index is 0.211. The number of nitrogens with zero attached hydrogens (tertiary/aromatic N) is 3. The van der Waals surface area contributed by atoms with Gasteiger partial charge in [-0.15, -0.1) is 0 Å². The molecule has 3 heterocycles. The van der Waals surface area contributed by atoms with Gasteiger partial charge in [0.25, 0.3) is 0 Å². The molecule has 0 radical (unpaired) electrons. The van der Waals surface area contributed by atoms with Crippen LogP contribution >= 0.6 is 0 Å². The van der Waals surface area contributed by atoms with Crippen molar-refractivity contribution in [2.75, 3.05) is 36.0 Å². The first-order chi connectivity index (χ1) is 17.6. The molecular formula is C30H31F2N3O. The van der Waals surface area contributed by atoms with E-state index in [1.807, 2.05) is 35.2 Å². The van der Waals surface area contributed by atoms with E-state index in [-0.39, 0.29) is 29.5 Å². The molecule has 1 fully saturated rings. The molecule has 6 rings (SSSR count). The molecule has 1 amide bonds. The summed E-state index contributed by atoms with van der Waals surface area (Å²) in [4.78, 5) is 19.3. The molecule has 0 aromatic heterocycles. The Morgan fingerprint density at radius 1 is 0.833 bits per heavy atom. The number of fused-ring (bicyclic) bond motifs is 4. The number of hydrogen-bond acceptors (Lipinski definition) is 3. The Morgan fingerprint density at radius 2 is 1.61 bits per heavy atom. The van der Waals surface area contributed by atoms with Crippen molar-refractivity contribution in [2.45, 2.75) is 44.1 Å². The van der Waals surface area contributed by atoms with Crippen molar-refractivity contribution in [1.29, 1.82) is 0 Å². The van der Waals surface area contributed by atoms with Crippen LogP contribution in [0, 0.1) is 11.6 Å². The van der Waals surface area contributed by atoms with Gasteiger partial charge in [-0.3, -0.25) is 4.79 Å². The van der Waals surface area contributed by atoms with Gasteiger partial charge in [0.05, 0.1) is 0 Å². The van der Waals surface area contributed by atoms with Gasteiger partial charge in [0.15, 0.2) is 0 Å². The first kappa shape index (κ1) is 23.2. The fourth-order valence-electron chi connectivity index (χ4n) is 6.32. The van der Waals surface area contributed by atoms with E-state index in [0.717, 1.165) is 74.5 Å². The number of halogens is 2. The van der Waals surface area contributed by atoms with Gasteiger partial charge >= 0.3 is 0 Å². The van der Waals surface area contributed by atoms with Crippen molar-refractivity contribution in [3.8, 4) is 0 Å². The number of anilines is 3. The maximum absolute atomic E-state index is 14.2. The number of carbonyl (C=O) groups excluding carboxylic acids is 1. The lowest BCUT2D eigenvalue weighted by Crippen LogP contribution is -2.45. The molecule has 0 saturated carbocycles. The van der Waals surface area contributed by atoms with E-state index in [0.29, 0.717) is 6.42 Å². The second-order valence-corrected chi connectivity index (χ2v) is 10.2. The highest BCUT2D eigenvalue weighted by Crippen LogP contribution is 2.48. The van der Waals surface area contributed by atoms with Gasteiger partial charge in [-0.05, 0) is 91.9 Å². The second-order valence-electron chi connectivity index (χ2n) is 10.2. The maximum Gasteiger partial charge on any atom is 0.227 e. The zero-order valence-electron chi connectivity index (χ0n) is 20.4. The Hall–Kier alpha value is -3.25. The molecule has 3 aliphatic rings. The molecule has 6 heteroatoms. The number of aryl methyl sites for hydroxylation is 1. The van der Waals surface area contributed by atoms with E-state index >= 15 is 0 Å². The Morgan fingerprint density at radius 3 is 2.47 bits per heavy atom. The number of para-hydroxylation sites is 1. The number of rotatable bonds is 6. The van der Waals surface area contributed by atoms with E-state index in [1.54, 1.807) is 6.07 Å². The SMILES string of the molecule is O=C1CCc2ccccc2N1CCCCN1CCC2C(C1)c1cc(F)ccc1N2c1ccc(F)cc1. The summed E-state index contributed by atoms with van der Waals surface area (Å²) in [5.41, 5.74) is 5.36. The van der Waals surface area contributed by atoms with E-state index < -0.39 is 0 Å². The lowest BCUT2D eigenvalue weighted by Gasteiger charge is -2.39. The van der Waals surface area contributed by atoms with Crippen molar-refractivity contribution < 1.29 is 13.6 Å². The smallest absolute Gasteiger partial charge is 0.227 e. The minimum Gasteiger partial charge on any atom is -0.337 e. The first-order valence-corrected chi connectivity index (χ1v) is 13.0. The molecule has 0 spiro atoms. The van der Waals surface area contributed by atoms with Crippen LogP contribution in [0.25, 0.3) is 0 Å². The van der Waals surface area contributed by atoms with Crippen molar-refractivity contribution in [1.82, 2.24) is 4.90 Å². The third-order valence-corrected chi connectivity index (χ3v) is 8.04. The van der Waals surface area contributed by atoms with Gasteiger partial charge in [0.1, 0.15) is 11.6 Å². The molecule has 186 valence electrons. The fraction of sp³-hybridized carbons (Fsp3) is 0.367. The standard InChI is InChI=1S/C30H31F2N3O/c31-22-8-11-24(12-9-22)35-28-13-10-23(32)19-25(28)26-20-33(18-15-29(26)35)16-3-4-17-34-27-6-2-1-5-21(27)7-14-30(34)36/h1-2,5-6,8-13,19,26,29H,3-4,7,14-18,20H2. The predicted molar refractivity (Wildman–Crippen MR) is 139 cm³/mol. The van der Waals surface area contributed by atoms with Crippen LogP contribution in [0.1, 0.15) is 42.7 Å². The average molecular weight is 488 g/mol. The van der Waals surface area contributed by atoms with E-state index in [4.69, 9.17) is 0 Å². The predicted octanol–water partition coefficient (Wildman–Crippen LogP) is 6.03. The highest BCUT2D eigenvalue weighted by Gasteiger charge is 2.42. The summed E-state index contributed by atoms with van der Waals surface area (Å²) >= 11 is 0. The van der Waals surface area contributed by atoms with E-state index in [9.17, 15) is 13.6 Å². The lowest BCUT2D eigenvalue weighted by molar-refractivity contribution is -0.118. The largest absolute Gasteiger partial charge is 0.337 e. The summed E-state index contributed by atoms with van der Waals surface area (Å²) in [5, 5.41) is 0. The summed E-state index contributed by atoms with van der Waals surface area (Å²) in [6.45, 7) is 3.57. The fourth-order valence-corrected chi connectivity index (χ4v) is 6.32. The molecule has 3 aliphatic heterocycles. The summed E-state index contributed by atoms with van der Waals surface area (Å²) in [6, 6.07) is 20.1. The van der Waals surface area contributed by atoms with Gasteiger partial charge in [0.2, 0.25) is 5.91 Å². The van der Waals surface area contributed by atoms with Crippen LogP contribution in [-0.4, -0.2) is 43.0 Å². The zero-order chi connectivity index (χ0) is 24.6. The summed E-state index contributed by atoms with van der Waals surface area (Å²) < 4.78 is 27.8. The number of unbranched alkanes of at least 4 members (excludes halogenated alkanes) is 1. The van der Waals surface area contributed by atoms with Gasteiger partial charge < -0.3 is 14.7 Å². The van der Waals surface area contributed by atoms with Gasteiger partial charge in [-0.2, -0.15) is 0 Å². The van der Waals surface area contributed by atoms with Crippen molar-refractivity contribution in [2.24, 2.45) is 0 Å². The summed E-state index contributed by atoms with van der Waals surface area (Å²) in [7, 11) is 0. The molecule has 3 aromatic carbocycles. The number of hydrogen-bond donors (Lipinski definition) is 0. The van der Waals surface area contributed by atoms with Crippen LogP contribution in [0.3, 0.4) is 0 Å². The van der Waals surface area contributed by atoms with Crippen LogP contribution in [0.4, 0.5) is 25.8 Å². The number of carbonyl (C=O) groups is 1. The first-order valence-electron chi connectivity index (χ1n) is 13.0. The van der Waals surface area contributed by atoms with Crippen molar-refractivity contribution in [3.63, 3.8) is 0 Å². The normalized spacial score (nSPS) is 21.3. The average Bonchev–Trinajstić information content (AvgIpc) is 3.21. The molecule has 0 N–H and O–H groups in total. The molecule has 1 saturated heterocycles. The number of amides is 1. The third kappa shape index (κ3) is 4.28. The molecule has 3 aromatic rings. The second kappa shape index (κ2) is 9.66. The summed E-state index contributed by atoms with van der Waals surface area (Å²) in [6.07, 6.45) is 4.36. The Bertz CT molecular complexity index is 1260. The van der Waals surface area contributed by atoms with Crippen molar-refractivity contribution >= 4 is 23.0 Å². The molecule has 4 nitrogen and oxygen atoms in total.